The SMILES string of the molecule is C(#CCN1c2cnccc2Sc2cccnc21)CN1CCN(c2ccccc2)CC1. The number of fused-ring (bicyclic) bond motifs is 2. The summed E-state index contributed by atoms with van der Waals surface area (Å²) in [5.74, 6) is 7.72. The van der Waals surface area contributed by atoms with Crippen LogP contribution < -0.4 is 9.80 Å². The standard InChI is InChI=1S/C24H23N5S/c1-2-7-20(8-3-1)28-17-15-27(16-18-28)13-4-5-14-29-21-19-25-12-10-22(21)30-23-9-6-11-26-24(23)29/h1-3,6-12,19H,13-18H2. The number of para-hydroxylation sites is 1. The van der Waals surface area contributed by atoms with E-state index in [9.17, 15) is 0 Å². The first-order valence-corrected chi connectivity index (χ1v) is 11.0. The van der Waals surface area contributed by atoms with Crippen molar-refractivity contribution in [1.29, 1.82) is 0 Å². The summed E-state index contributed by atoms with van der Waals surface area (Å²) in [5, 5.41) is 0. The monoisotopic (exact) mass is 413 g/mol. The number of benzene rings is 1. The molecule has 0 unspecified atom stereocenters. The minimum Gasteiger partial charge on any atom is -0.369 e. The van der Waals surface area contributed by atoms with E-state index in [1.54, 1.807) is 11.8 Å². The third kappa shape index (κ3) is 4.00. The number of rotatable bonds is 3. The molecule has 30 heavy (non-hydrogen) atoms. The number of hydrogen-bond acceptors (Lipinski definition) is 6. The maximum absolute atomic E-state index is 4.60. The molecule has 0 N–H and O–H groups in total. The van der Waals surface area contributed by atoms with E-state index in [4.69, 9.17) is 0 Å². The van der Waals surface area contributed by atoms with Crippen molar-refractivity contribution in [2.24, 2.45) is 0 Å². The van der Waals surface area contributed by atoms with Gasteiger partial charge in [0.05, 0.1) is 29.9 Å². The second kappa shape index (κ2) is 8.78. The van der Waals surface area contributed by atoms with E-state index in [1.807, 2.05) is 24.7 Å². The first-order chi connectivity index (χ1) is 14.9. The average molecular weight is 414 g/mol. The molecule has 0 spiro atoms. The van der Waals surface area contributed by atoms with Crippen molar-refractivity contribution in [2.45, 2.75) is 9.79 Å². The lowest BCUT2D eigenvalue weighted by Gasteiger charge is -2.35. The van der Waals surface area contributed by atoms with Crippen molar-refractivity contribution in [1.82, 2.24) is 14.9 Å². The quantitative estimate of drug-likeness (QED) is 0.606. The number of nitrogens with zero attached hydrogens (tertiary/aromatic N) is 5. The molecule has 5 rings (SSSR count). The van der Waals surface area contributed by atoms with E-state index in [-0.39, 0.29) is 0 Å². The molecule has 150 valence electrons. The van der Waals surface area contributed by atoms with Crippen molar-refractivity contribution in [2.75, 3.05) is 49.1 Å². The first kappa shape index (κ1) is 19.0. The van der Waals surface area contributed by atoms with Gasteiger partial charge in [0, 0.05) is 49.2 Å². The zero-order valence-corrected chi connectivity index (χ0v) is 17.6. The van der Waals surface area contributed by atoms with Crippen LogP contribution in [0.4, 0.5) is 17.2 Å². The average Bonchev–Trinajstić information content (AvgIpc) is 2.82. The van der Waals surface area contributed by atoms with Gasteiger partial charge in [-0.05, 0) is 30.3 Å². The van der Waals surface area contributed by atoms with Gasteiger partial charge in [0.2, 0.25) is 0 Å². The third-order valence-corrected chi connectivity index (χ3v) is 6.54. The highest BCUT2D eigenvalue weighted by Gasteiger charge is 2.23. The Morgan fingerprint density at radius 2 is 1.67 bits per heavy atom. The van der Waals surface area contributed by atoms with Crippen molar-refractivity contribution in [3.8, 4) is 11.8 Å². The summed E-state index contributed by atoms with van der Waals surface area (Å²) in [7, 11) is 0. The predicted octanol–water partition coefficient (Wildman–Crippen LogP) is 3.90. The molecule has 6 heteroatoms. The molecule has 0 saturated carbocycles. The largest absolute Gasteiger partial charge is 0.369 e. The Balaban J connectivity index is 1.21. The number of anilines is 3. The lowest BCUT2D eigenvalue weighted by atomic mass is 10.2. The molecule has 1 aromatic carbocycles. The molecular formula is C24H23N5S. The molecule has 0 amide bonds. The van der Waals surface area contributed by atoms with Gasteiger partial charge in [0.15, 0.2) is 0 Å². The van der Waals surface area contributed by atoms with E-state index < -0.39 is 0 Å². The Labute approximate surface area is 181 Å². The second-order valence-corrected chi connectivity index (χ2v) is 8.39. The number of piperazine rings is 1. The predicted molar refractivity (Wildman–Crippen MR) is 122 cm³/mol. The van der Waals surface area contributed by atoms with Gasteiger partial charge in [0.25, 0.3) is 0 Å². The van der Waals surface area contributed by atoms with Crippen molar-refractivity contribution < 1.29 is 0 Å². The van der Waals surface area contributed by atoms with E-state index in [0.29, 0.717) is 6.54 Å². The lowest BCUT2D eigenvalue weighted by molar-refractivity contribution is 0.288. The summed E-state index contributed by atoms with van der Waals surface area (Å²) in [6.45, 7) is 5.60. The molecule has 2 aliphatic rings. The lowest BCUT2D eigenvalue weighted by Crippen LogP contribution is -2.46. The normalized spacial score (nSPS) is 15.7. The Morgan fingerprint density at radius 3 is 2.53 bits per heavy atom. The Morgan fingerprint density at radius 1 is 0.833 bits per heavy atom. The number of aromatic nitrogens is 2. The zero-order chi connectivity index (χ0) is 20.2. The van der Waals surface area contributed by atoms with Gasteiger partial charge in [-0.25, -0.2) is 4.98 Å². The fraction of sp³-hybridized carbons (Fsp3) is 0.250. The third-order valence-electron chi connectivity index (χ3n) is 5.44. The maximum Gasteiger partial charge on any atom is 0.147 e. The Bertz CT molecular complexity index is 1020. The molecular weight excluding hydrogens is 390 g/mol. The van der Waals surface area contributed by atoms with Crippen LogP contribution in [0.2, 0.25) is 0 Å². The van der Waals surface area contributed by atoms with Crippen LogP contribution in [0.3, 0.4) is 0 Å². The van der Waals surface area contributed by atoms with Crippen LogP contribution in [0.5, 0.6) is 0 Å². The molecule has 0 bridgehead atoms. The molecule has 0 aliphatic carbocycles. The van der Waals surface area contributed by atoms with Gasteiger partial charge in [0.1, 0.15) is 5.82 Å². The molecule has 1 saturated heterocycles. The summed E-state index contributed by atoms with van der Waals surface area (Å²) in [4.78, 5) is 18.3. The summed E-state index contributed by atoms with van der Waals surface area (Å²) in [5.41, 5.74) is 2.39. The summed E-state index contributed by atoms with van der Waals surface area (Å²) in [6.07, 6.45) is 5.59. The van der Waals surface area contributed by atoms with Crippen LogP contribution in [0.25, 0.3) is 0 Å². The van der Waals surface area contributed by atoms with E-state index >= 15 is 0 Å². The van der Waals surface area contributed by atoms with Gasteiger partial charge in [-0.15, -0.1) is 0 Å². The minimum absolute atomic E-state index is 0.618. The summed E-state index contributed by atoms with van der Waals surface area (Å²) in [6, 6.07) is 16.8. The van der Waals surface area contributed by atoms with Gasteiger partial charge >= 0.3 is 0 Å². The van der Waals surface area contributed by atoms with Crippen LogP contribution in [0, 0.1) is 11.8 Å². The van der Waals surface area contributed by atoms with E-state index in [0.717, 1.165) is 49.1 Å². The van der Waals surface area contributed by atoms with Crippen LogP contribution in [-0.4, -0.2) is 54.1 Å². The highest BCUT2D eigenvalue weighted by atomic mass is 32.2. The summed E-state index contributed by atoms with van der Waals surface area (Å²) >= 11 is 1.74. The van der Waals surface area contributed by atoms with Crippen molar-refractivity contribution in [3.05, 3.63) is 67.1 Å². The van der Waals surface area contributed by atoms with Gasteiger partial charge in [-0.1, -0.05) is 41.8 Å². The molecule has 2 aliphatic heterocycles. The highest BCUT2D eigenvalue weighted by Crippen LogP contribution is 2.46. The molecule has 0 atom stereocenters. The highest BCUT2D eigenvalue weighted by molar-refractivity contribution is 7.99. The Hall–Kier alpha value is -3.01. The Kier molecular flexibility index (Phi) is 5.56. The number of pyridine rings is 2. The van der Waals surface area contributed by atoms with Gasteiger partial charge < -0.3 is 9.80 Å². The van der Waals surface area contributed by atoms with Crippen LogP contribution in [-0.2, 0) is 0 Å². The van der Waals surface area contributed by atoms with Crippen LogP contribution in [0.1, 0.15) is 0 Å². The number of hydrogen-bond donors (Lipinski definition) is 0. The molecule has 2 aromatic heterocycles. The maximum atomic E-state index is 4.60. The van der Waals surface area contributed by atoms with Gasteiger partial charge in [-0.3, -0.25) is 9.88 Å². The summed E-state index contributed by atoms with van der Waals surface area (Å²) < 4.78 is 0. The molecule has 4 heterocycles. The minimum atomic E-state index is 0.618. The molecule has 0 radical (unpaired) electrons. The fourth-order valence-corrected chi connectivity index (χ4v) is 4.86. The second-order valence-electron chi connectivity index (χ2n) is 7.31. The molecule has 3 aromatic rings. The topological polar surface area (TPSA) is 35.5 Å². The first-order valence-electron chi connectivity index (χ1n) is 10.2. The van der Waals surface area contributed by atoms with Crippen LogP contribution >= 0.6 is 11.8 Å². The van der Waals surface area contributed by atoms with E-state index in [2.05, 4.69) is 79.0 Å². The fourth-order valence-electron chi connectivity index (χ4n) is 3.83. The zero-order valence-electron chi connectivity index (χ0n) is 16.7. The van der Waals surface area contributed by atoms with E-state index in [1.165, 1.54) is 10.6 Å². The van der Waals surface area contributed by atoms with Crippen molar-refractivity contribution in [3.63, 3.8) is 0 Å². The van der Waals surface area contributed by atoms with Crippen LogP contribution in [0.15, 0.2) is 76.9 Å². The molecule has 5 nitrogen and oxygen atoms in total. The molecule has 1 fully saturated rings. The smallest absolute Gasteiger partial charge is 0.147 e. The van der Waals surface area contributed by atoms with Crippen molar-refractivity contribution >= 4 is 29.0 Å². The van der Waals surface area contributed by atoms with Gasteiger partial charge in [-0.2, -0.15) is 0 Å².